The van der Waals surface area contributed by atoms with E-state index in [-0.39, 0.29) is 17.1 Å². The van der Waals surface area contributed by atoms with Crippen molar-refractivity contribution >= 4 is 21.4 Å². The Morgan fingerprint density at radius 1 is 1.31 bits per heavy atom. The van der Waals surface area contributed by atoms with Crippen LogP contribution in [0.1, 0.15) is 12.8 Å². The summed E-state index contributed by atoms with van der Waals surface area (Å²) in [7, 11) is -3.41. The lowest BCUT2D eigenvalue weighted by Gasteiger charge is -2.29. The van der Waals surface area contributed by atoms with Crippen LogP contribution in [0.15, 0.2) is 18.2 Å². The van der Waals surface area contributed by atoms with Crippen molar-refractivity contribution in [3.8, 4) is 0 Å². The Balaban J connectivity index is 2.51. The molecular formula is C10H13FN2O2S. The molecule has 1 aromatic rings. The fourth-order valence-corrected chi connectivity index (χ4v) is 3.50. The number of rotatable bonds is 1. The molecular weight excluding hydrogens is 231 g/mol. The highest BCUT2D eigenvalue weighted by Gasteiger charge is 2.29. The van der Waals surface area contributed by atoms with Crippen LogP contribution in [0.2, 0.25) is 0 Å². The summed E-state index contributed by atoms with van der Waals surface area (Å²) in [6.45, 7) is 0.299. The maximum Gasteiger partial charge on any atom is 0.235 e. The van der Waals surface area contributed by atoms with Crippen molar-refractivity contribution < 1.29 is 12.8 Å². The first-order valence-corrected chi connectivity index (χ1v) is 6.68. The summed E-state index contributed by atoms with van der Waals surface area (Å²) >= 11 is 0. The second-order valence-corrected chi connectivity index (χ2v) is 5.79. The molecule has 0 aromatic heterocycles. The number of benzene rings is 1. The van der Waals surface area contributed by atoms with Gasteiger partial charge in [0.05, 0.1) is 11.4 Å². The highest BCUT2D eigenvalue weighted by atomic mass is 32.2. The van der Waals surface area contributed by atoms with E-state index in [1.165, 1.54) is 18.2 Å². The number of nitrogen functional groups attached to an aromatic ring is 1. The number of halogens is 1. The highest BCUT2D eigenvalue weighted by molar-refractivity contribution is 7.92. The number of sulfonamides is 1. The summed E-state index contributed by atoms with van der Waals surface area (Å²) in [5.41, 5.74) is 5.77. The van der Waals surface area contributed by atoms with Crippen LogP contribution >= 0.6 is 0 Å². The van der Waals surface area contributed by atoms with Gasteiger partial charge in [-0.2, -0.15) is 0 Å². The number of hydrogen-bond acceptors (Lipinski definition) is 3. The van der Waals surface area contributed by atoms with Crippen molar-refractivity contribution in [3.63, 3.8) is 0 Å². The van der Waals surface area contributed by atoms with Gasteiger partial charge in [0.25, 0.3) is 0 Å². The van der Waals surface area contributed by atoms with Gasteiger partial charge in [-0.05, 0) is 25.0 Å². The molecule has 0 amide bonds. The molecule has 1 aliphatic rings. The van der Waals surface area contributed by atoms with Crippen molar-refractivity contribution in [2.24, 2.45) is 0 Å². The second kappa shape index (κ2) is 3.93. The molecule has 1 fully saturated rings. The van der Waals surface area contributed by atoms with E-state index in [2.05, 4.69) is 0 Å². The van der Waals surface area contributed by atoms with Gasteiger partial charge in [-0.25, -0.2) is 12.8 Å². The number of anilines is 2. The molecule has 0 spiro atoms. The molecule has 6 heteroatoms. The van der Waals surface area contributed by atoms with Gasteiger partial charge in [-0.1, -0.05) is 6.07 Å². The van der Waals surface area contributed by atoms with E-state index in [4.69, 9.17) is 5.73 Å². The molecule has 0 atom stereocenters. The molecule has 1 saturated heterocycles. The normalized spacial score (nSPS) is 19.7. The van der Waals surface area contributed by atoms with Crippen LogP contribution in [0.4, 0.5) is 15.8 Å². The van der Waals surface area contributed by atoms with E-state index in [1.54, 1.807) is 0 Å². The zero-order chi connectivity index (χ0) is 11.8. The molecule has 1 heterocycles. The summed E-state index contributed by atoms with van der Waals surface area (Å²) in [6.07, 6.45) is 1.35. The molecule has 0 unspecified atom stereocenters. The van der Waals surface area contributed by atoms with Crippen LogP contribution in [0.3, 0.4) is 0 Å². The largest absolute Gasteiger partial charge is 0.397 e. The third-order valence-electron chi connectivity index (χ3n) is 2.62. The Labute approximate surface area is 93.9 Å². The van der Waals surface area contributed by atoms with Gasteiger partial charge < -0.3 is 5.73 Å². The van der Waals surface area contributed by atoms with Crippen molar-refractivity contribution in [3.05, 3.63) is 24.0 Å². The van der Waals surface area contributed by atoms with Crippen LogP contribution in [0.25, 0.3) is 0 Å². The van der Waals surface area contributed by atoms with E-state index in [9.17, 15) is 12.8 Å². The van der Waals surface area contributed by atoms with Crippen LogP contribution in [-0.4, -0.2) is 20.7 Å². The molecule has 4 nitrogen and oxygen atoms in total. The molecule has 0 saturated carbocycles. The first-order chi connectivity index (χ1) is 7.52. The van der Waals surface area contributed by atoms with E-state index in [0.29, 0.717) is 13.0 Å². The maximum atomic E-state index is 13.6. The Morgan fingerprint density at radius 3 is 2.69 bits per heavy atom. The molecule has 0 aliphatic carbocycles. The summed E-state index contributed by atoms with van der Waals surface area (Å²) < 4.78 is 38.3. The third-order valence-corrected chi connectivity index (χ3v) is 4.46. The van der Waals surface area contributed by atoms with Crippen molar-refractivity contribution in [1.82, 2.24) is 0 Å². The maximum absolute atomic E-state index is 13.6. The highest BCUT2D eigenvalue weighted by Crippen LogP contribution is 2.31. The molecule has 0 radical (unpaired) electrons. The average molecular weight is 244 g/mol. The summed E-state index contributed by atoms with van der Waals surface area (Å²) in [6, 6.07) is 4.18. The van der Waals surface area contributed by atoms with E-state index in [1.807, 2.05) is 0 Å². The number of nitrogens with two attached hydrogens (primary N) is 1. The zero-order valence-corrected chi connectivity index (χ0v) is 9.50. The minimum absolute atomic E-state index is 0.0119. The molecule has 16 heavy (non-hydrogen) atoms. The van der Waals surface area contributed by atoms with Gasteiger partial charge in [-0.3, -0.25) is 4.31 Å². The van der Waals surface area contributed by atoms with E-state index in [0.717, 1.165) is 10.7 Å². The Morgan fingerprint density at radius 2 is 2.06 bits per heavy atom. The van der Waals surface area contributed by atoms with Crippen molar-refractivity contribution in [1.29, 1.82) is 0 Å². The molecule has 1 aliphatic heterocycles. The first-order valence-electron chi connectivity index (χ1n) is 5.07. The second-order valence-electron chi connectivity index (χ2n) is 3.77. The van der Waals surface area contributed by atoms with Gasteiger partial charge >= 0.3 is 0 Å². The Hall–Kier alpha value is -1.30. The fourth-order valence-electron chi connectivity index (χ4n) is 1.84. The lowest BCUT2D eigenvalue weighted by atomic mass is 10.2. The smallest absolute Gasteiger partial charge is 0.235 e. The topological polar surface area (TPSA) is 63.4 Å². The third kappa shape index (κ3) is 1.84. The molecule has 0 bridgehead atoms. The molecule has 2 N–H and O–H groups in total. The van der Waals surface area contributed by atoms with Crippen LogP contribution in [0.5, 0.6) is 0 Å². The molecule has 88 valence electrons. The van der Waals surface area contributed by atoms with Gasteiger partial charge in [0.15, 0.2) is 0 Å². The van der Waals surface area contributed by atoms with Crippen LogP contribution in [0, 0.1) is 5.82 Å². The Bertz CT molecular complexity index is 481. The lowest BCUT2D eigenvalue weighted by Crippen LogP contribution is -2.38. The van der Waals surface area contributed by atoms with Crippen molar-refractivity contribution in [2.75, 3.05) is 22.3 Å². The Kier molecular flexibility index (Phi) is 2.75. The summed E-state index contributed by atoms with van der Waals surface area (Å²) in [5, 5.41) is 0. The minimum atomic E-state index is -3.41. The fraction of sp³-hybridized carbons (Fsp3) is 0.400. The van der Waals surface area contributed by atoms with E-state index >= 15 is 0 Å². The standard InChI is InChI=1S/C10H13FN2O2S/c11-8-4-3-5-9(12)10(8)13-6-1-2-7-16(13,14)15/h3-5H,1-2,6-7,12H2. The first kappa shape index (κ1) is 11.2. The molecule has 1 aromatic carbocycles. The summed E-state index contributed by atoms with van der Waals surface area (Å²) in [5.74, 6) is -0.536. The zero-order valence-electron chi connectivity index (χ0n) is 8.69. The monoisotopic (exact) mass is 244 g/mol. The van der Waals surface area contributed by atoms with Crippen LogP contribution in [-0.2, 0) is 10.0 Å². The van der Waals surface area contributed by atoms with E-state index < -0.39 is 15.8 Å². The predicted molar refractivity (Wildman–Crippen MR) is 61.2 cm³/mol. The van der Waals surface area contributed by atoms with Crippen LogP contribution < -0.4 is 10.0 Å². The quantitative estimate of drug-likeness (QED) is 0.758. The number of hydrogen-bond donors (Lipinski definition) is 1. The van der Waals surface area contributed by atoms with Gasteiger partial charge in [0.1, 0.15) is 11.5 Å². The SMILES string of the molecule is Nc1cccc(F)c1N1CCCCS1(=O)=O. The van der Waals surface area contributed by atoms with Crippen molar-refractivity contribution in [2.45, 2.75) is 12.8 Å². The van der Waals surface area contributed by atoms with Gasteiger partial charge in [0.2, 0.25) is 10.0 Å². The number of nitrogens with zero attached hydrogens (tertiary/aromatic N) is 1. The van der Waals surface area contributed by atoms with Gasteiger partial charge in [0, 0.05) is 6.54 Å². The lowest BCUT2D eigenvalue weighted by molar-refractivity contribution is 0.568. The predicted octanol–water partition coefficient (Wildman–Crippen LogP) is 1.34. The van der Waals surface area contributed by atoms with Gasteiger partial charge in [-0.15, -0.1) is 0 Å². The molecule has 2 rings (SSSR count). The summed E-state index contributed by atoms with van der Waals surface area (Å²) in [4.78, 5) is 0. The number of para-hydroxylation sites is 1. The average Bonchev–Trinajstić information content (AvgIpc) is 2.19. The minimum Gasteiger partial charge on any atom is -0.397 e.